The minimum Gasteiger partial charge on any atom is -0.497 e. The Bertz CT molecular complexity index is 391. The number of rotatable bonds is 8. The molecule has 5 heteroatoms. The van der Waals surface area contributed by atoms with Crippen molar-refractivity contribution < 1.29 is 14.3 Å². The maximum absolute atomic E-state index is 11.6. The number of amides is 2. The van der Waals surface area contributed by atoms with Gasteiger partial charge in [0.2, 0.25) is 0 Å². The lowest BCUT2D eigenvalue weighted by Crippen LogP contribution is -2.30. The fourth-order valence-electron chi connectivity index (χ4n) is 1.54. The Morgan fingerprint density at radius 1 is 1.25 bits per heavy atom. The van der Waals surface area contributed by atoms with Crippen molar-refractivity contribution in [2.45, 2.75) is 20.3 Å². The summed E-state index contributed by atoms with van der Waals surface area (Å²) in [7, 11) is 1.61. The second-order valence-electron chi connectivity index (χ2n) is 4.93. The van der Waals surface area contributed by atoms with Crippen LogP contribution in [0.25, 0.3) is 0 Å². The fraction of sp³-hybridized carbons (Fsp3) is 0.533. The molecule has 112 valence electrons. The first-order chi connectivity index (χ1) is 9.61. The zero-order valence-electron chi connectivity index (χ0n) is 12.4. The summed E-state index contributed by atoms with van der Waals surface area (Å²) in [5.74, 6) is 1.31. The number of urea groups is 1. The Labute approximate surface area is 120 Å². The summed E-state index contributed by atoms with van der Waals surface area (Å²) in [4.78, 5) is 11.6. The number of benzene rings is 1. The maximum Gasteiger partial charge on any atom is 0.319 e. The van der Waals surface area contributed by atoms with E-state index in [1.54, 1.807) is 31.4 Å². The first-order valence-corrected chi connectivity index (χ1v) is 6.88. The van der Waals surface area contributed by atoms with Crippen LogP contribution in [0, 0.1) is 5.92 Å². The SMILES string of the molecule is COc1ccc(NC(=O)NCCCOCC(C)C)cc1. The van der Waals surface area contributed by atoms with Gasteiger partial charge in [-0.1, -0.05) is 13.8 Å². The van der Waals surface area contributed by atoms with E-state index in [-0.39, 0.29) is 6.03 Å². The van der Waals surface area contributed by atoms with Crippen LogP contribution in [0.5, 0.6) is 5.75 Å². The Hall–Kier alpha value is -1.75. The quantitative estimate of drug-likeness (QED) is 0.720. The second-order valence-corrected chi connectivity index (χ2v) is 4.93. The van der Waals surface area contributed by atoms with Crippen LogP contribution >= 0.6 is 0 Å². The van der Waals surface area contributed by atoms with E-state index in [2.05, 4.69) is 24.5 Å². The monoisotopic (exact) mass is 280 g/mol. The predicted molar refractivity (Wildman–Crippen MR) is 80.3 cm³/mol. The minimum atomic E-state index is -0.209. The molecule has 1 aromatic rings. The predicted octanol–water partition coefficient (Wildman–Crippen LogP) is 2.88. The molecule has 20 heavy (non-hydrogen) atoms. The lowest BCUT2D eigenvalue weighted by atomic mass is 10.2. The van der Waals surface area contributed by atoms with E-state index in [0.717, 1.165) is 24.5 Å². The standard InChI is InChI=1S/C15H24N2O3/c1-12(2)11-20-10-4-9-16-15(18)17-13-5-7-14(19-3)8-6-13/h5-8,12H,4,9-11H2,1-3H3,(H2,16,17,18). The molecule has 5 nitrogen and oxygen atoms in total. The van der Waals surface area contributed by atoms with Crippen molar-refractivity contribution in [3.8, 4) is 5.75 Å². The average molecular weight is 280 g/mol. The van der Waals surface area contributed by atoms with E-state index < -0.39 is 0 Å². The number of carbonyl (C=O) groups is 1. The molecule has 2 amide bonds. The third kappa shape index (κ3) is 6.99. The van der Waals surface area contributed by atoms with Crippen LogP contribution in [-0.2, 0) is 4.74 Å². The van der Waals surface area contributed by atoms with Crippen LogP contribution in [-0.4, -0.2) is 32.9 Å². The summed E-state index contributed by atoms with van der Waals surface area (Å²) in [6.45, 7) is 6.25. The Morgan fingerprint density at radius 2 is 1.95 bits per heavy atom. The van der Waals surface area contributed by atoms with Gasteiger partial charge in [0.1, 0.15) is 5.75 Å². The van der Waals surface area contributed by atoms with Crippen LogP contribution in [0.3, 0.4) is 0 Å². The maximum atomic E-state index is 11.6. The van der Waals surface area contributed by atoms with Gasteiger partial charge in [-0.3, -0.25) is 0 Å². The normalized spacial score (nSPS) is 10.4. The number of ether oxygens (including phenoxy) is 2. The van der Waals surface area contributed by atoms with E-state index in [1.165, 1.54) is 0 Å². The molecule has 0 heterocycles. The van der Waals surface area contributed by atoms with Gasteiger partial charge in [0, 0.05) is 25.4 Å². The highest BCUT2D eigenvalue weighted by Crippen LogP contribution is 2.14. The van der Waals surface area contributed by atoms with E-state index in [0.29, 0.717) is 19.1 Å². The summed E-state index contributed by atoms with van der Waals surface area (Å²) in [6.07, 6.45) is 0.808. The lowest BCUT2D eigenvalue weighted by Gasteiger charge is -2.09. The zero-order valence-corrected chi connectivity index (χ0v) is 12.4. The Balaban J connectivity index is 2.13. The Kier molecular flexibility index (Phi) is 7.50. The molecule has 0 saturated carbocycles. The molecule has 0 aliphatic rings. The van der Waals surface area contributed by atoms with Crippen LogP contribution in [0.4, 0.5) is 10.5 Å². The number of hydrogen-bond donors (Lipinski definition) is 2. The summed E-state index contributed by atoms with van der Waals surface area (Å²) in [5, 5.41) is 5.54. The van der Waals surface area contributed by atoms with Crippen molar-refractivity contribution in [3.63, 3.8) is 0 Å². The largest absolute Gasteiger partial charge is 0.497 e. The van der Waals surface area contributed by atoms with E-state index in [4.69, 9.17) is 9.47 Å². The van der Waals surface area contributed by atoms with Crippen molar-refractivity contribution >= 4 is 11.7 Å². The van der Waals surface area contributed by atoms with Crippen molar-refractivity contribution in [2.75, 3.05) is 32.2 Å². The third-order valence-electron chi connectivity index (χ3n) is 2.55. The molecule has 0 unspecified atom stereocenters. The van der Waals surface area contributed by atoms with Gasteiger partial charge in [0.15, 0.2) is 0 Å². The molecule has 1 aromatic carbocycles. The molecule has 2 N–H and O–H groups in total. The molecule has 0 atom stereocenters. The van der Waals surface area contributed by atoms with Gasteiger partial charge in [0.25, 0.3) is 0 Å². The van der Waals surface area contributed by atoms with Gasteiger partial charge >= 0.3 is 6.03 Å². The molecule has 0 aliphatic heterocycles. The highest BCUT2D eigenvalue weighted by molar-refractivity contribution is 5.89. The lowest BCUT2D eigenvalue weighted by molar-refractivity contribution is 0.108. The summed E-state index contributed by atoms with van der Waals surface area (Å²) < 4.78 is 10.5. The van der Waals surface area contributed by atoms with Crippen molar-refractivity contribution in [2.24, 2.45) is 5.92 Å². The van der Waals surface area contributed by atoms with Crippen molar-refractivity contribution in [1.29, 1.82) is 0 Å². The first-order valence-electron chi connectivity index (χ1n) is 6.88. The Morgan fingerprint density at radius 3 is 2.55 bits per heavy atom. The number of methoxy groups -OCH3 is 1. The summed E-state index contributed by atoms with van der Waals surface area (Å²) >= 11 is 0. The van der Waals surface area contributed by atoms with Gasteiger partial charge < -0.3 is 20.1 Å². The highest BCUT2D eigenvalue weighted by atomic mass is 16.5. The van der Waals surface area contributed by atoms with E-state index >= 15 is 0 Å². The fourth-order valence-corrected chi connectivity index (χ4v) is 1.54. The average Bonchev–Trinajstić information content (AvgIpc) is 2.43. The van der Waals surface area contributed by atoms with E-state index in [1.807, 2.05) is 0 Å². The first kappa shape index (κ1) is 16.3. The van der Waals surface area contributed by atoms with Crippen LogP contribution in [0.2, 0.25) is 0 Å². The van der Waals surface area contributed by atoms with Gasteiger partial charge in [-0.05, 0) is 36.6 Å². The van der Waals surface area contributed by atoms with Crippen molar-refractivity contribution in [3.05, 3.63) is 24.3 Å². The molecule has 1 rings (SSSR count). The van der Waals surface area contributed by atoms with Gasteiger partial charge in [-0.2, -0.15) is 0 Å². The van der Waals surface area contributed by atoms with Crippen molar-refractivity contribution in [1.82, 2.24) is 5.32 Å². The molecule has 0 saturated heterocycles. The third-order valence-corrected chi connectivity index (χ3v) is 2.55. The van der Waals surface area contributed by atoms with Crippen LogP contribution in [0.1, 0.15) is 20.3 Å². The van der Waals surface area contributed by atoms with Gasteiger partial charge in [0.05, 0.1) is 7.11 Å². The highest BCUT2D eigenvalue weighted by Gasteiger charge is 2.01. The number of carbonyl (C=O) groups excluding carboxylic acids is 1. The van der Waals surface area contributed by atoms with Gasteiger partial charge in [-0.25, -0.2) is 4.79 Å². The molecule has 0 fully saturated rings. The number of hydrogen-bond acceptors (Lipinski definition) is 3. The van der Waals surface area contributed by atoms with Crippen LogP contribution < -0.4 is 15.4 Å². The molecular weight excluding hydrogens is 256 g/mol. The number of nitrogens with one attached hydrogen (secondary N) is 2. The molecule has 0 radical (unpaired) electrons. The molecular formula is C15H24N2O3. The number of anilines is 1. The summed E-state index contributed by atoms with van der Waals surface area (Å²) in [6, 6.07) is 6.98. The molecule has 0 aromatic heterocycles. The molecule has 0 bridgehead atoms. The molecule has 0 spiro atoms. The second kappa shape index (κ2) is 9.20. The van der Waals surface area contributed by atoms with Crippen LogP contribution in [0.15, 0.2) is 24.3 Å². The smallest absolute Gasteiger partial charge is 0.319 e. The topological polar surface area (TPSA) is 59.6 Å². The minimum absolute atomic E-state index is 0.209. The van der Waals surface area contributed by atoms with Gasteiger partial charge in [-0.15, -0.1) is 0 Å². The summed E-state index contributed by atoms with van der Waals surface area (Å²) in [5.41, 5.74) is 0.736. The van der Waals surface area contributed by atoms with E-state index in [9.17, 15) is 4.79 Å². The molecule has 0 aliphatic carbocycles. The zero-order chi connectivity index (χ0) is 14.8.